The van der Waals surface area contributed by atoms with Gasteiger partial charge in [-0.2, -0.15) is 0 Å². The van der Waals surface area contributed by atoms with Gasteiger partial charge in [-0.05, 0) is 12.5 Å². The number of urea groups is 1. The summed E-state index contributed by atoms with van der Waals surface area (Å²) in [6.45, 7) is 3.82. The highest BCUT2D eigenvalue weighted by Crippen LogP contribution is 2.37. The molecule has 0 radical (unpaired) electrons. The molecule has 1 aliphatic rings. The van der Waals surface area contributed by atoms with Crippen molar-refractivity contribution in [1.29, 1.82) is 0 Å². The van der Waals surface area contributed by atoms with Crippen LogP contribution < -0.4 is 11.1 Å². The van der Waals surface area contributed by atoms with Gasteiger partial charge in [-0.25, -0.2) is 4.79 Å². The second-order valence-electron chi connectivity index (χ2n) is 5.62. The van der Waals surface area contributed by atoms with Gasteiger partial charge in [0.15, 0.2) is 0 Å². The van der Waals surface area contributed by atoms with Gasteiger partial charge in [-0.15, -0.1) is 0 Å². The third-order valence-corrected chi connectivity index (χ3v) is 4.52. The van der Waals surface area contributed by atoms with Crippen molar-refractivity contribution in [3.8, 4) is 11.3 Å². The van der Waals surface area contributed by atoms with Gasteiger partial charge in [-0.3, -0.25) is 4.79 Å². The fraction of sp³-hybridized carbons (Fsp3) is 0.294. The van der Waals surface area contributed by atoms with Crippen molar-refractivity contribution in [2.45, 2.75) is 20.0 Å². The van der Waals surface area contributed by atoms with E-state index in [4.69, 9.17) is 17.3 Å². The number of amides is 3. The Kier molecular flexibility index (Phi) is 4.49. The summed E-state index contributed by atoms with van der Waals surface area (Å²) in [6.07, 6.45) is 0. The fourth-order valence-electron chi connectivity index (χ4n) is 3.09. The summed E-state index contributed by atoms with van der Waals surface area (Å²) in [5.41, 5.74) is 8.23. The van der Waals surface area contributed by atoms with Crippen molar-refractivity contribution in [3.63, 3.8) is 0 Å². The second kappa shape index (κ2) is 6.57. The molecule has 0 saturated heterocycles. The van der Waals surface area contributed by atoms with Crippen molar-refractivity contribution in [1.82, 2.24) is 14.8 Å². The number of carbonyl (C=O) groups excluding carboxylic acids is 2. The maximum atomic E-state index is 12.1. The quantitative estimate of drug-likeness (QED) is 0.895. The predicted octanol–water partition coefficient (Wildman–Crippen LogP) is 2.45. The van der Waals surface area contributed by atoms with Crippen LogP contribution in [0.25, 0.3) is 11.3 Å². The predicted molar refractivity (Wildman–Crippen MR) is 92.9 cm³/mol. The van der Waals surface area contributed by atoms with Crippen molar-refractivity contribution < 1.29 is 9.59 Å². The molecule has 3 N–H and O–H groups in total. The Morgan fingerprint density at radius 3 is 2.58 bits per heavy atom. The molecule has 1 aromatic carbocycles. The lowest BCUT2D eigenvalue weighted by atomic mass is 10.1. The van der Waals surface area contributed by atoms with E-state index in [9.17, 15) is 9.59 Å². The Morgan fingerprint density at radius 1 is 1.25 bits per heavy atom. The molecule has 7 heteroatoms. The van der Waals surface area contributed by atoms with E-state index in [0.29, 0.717) is 42.5 Å². The summed E-state index contributed by atoms with van der Waals surface area (Å²) in [5, 5.41) is 3.12. The Morgan fingerprint density at radius 2 is 1.96 bits per heavy atom. The first-order valence-electron chi connectivity index (χ1n) is 7.83. The first-order valence-corrected chi connectivity index (χ1v) is 8.21. The Balaban J connectivity index is 2.09. The van der Waals surface area contributed by atoms with Gasteiger partial charge in [0.25, 0.3) is 5.91 Å². The van der Waals surface area contributed by atoms with E-state index in [0.717, 1.165) is 11.3 Å². The van der Waals surface area contributed by atoms with Crippen LogP contribution in [0.3, 0.4) is 0 Å². The minimum Gasteiger partial charge on any atom is -0.365 e. The zero-order chi connectivity index (χ0) is 17.3. The molecule has 3 amide bonds. The first kappa shape index (κ1) is 16.4. The highest BCUT2D eigenvalue weighted by atomic mass is 35.5. The standard InChI is InChI=1S/C17H19ClN4O2/c1-2-20-17(24)21-8-9-22-12(10-21)13(16(19)23)14(18)15(22)11-6-4-3-5-7-11/h3-7H,2,8-10H2,1H3,(H2,19,23)(H,20,24). The van der Waals surface area contributed by atoms with Gasteiger partial charge < -0.3 is 20.5 Å². The van der Waals surface area contributed by atoms with Crippen LogP contribution in [0, 0.1) is 0 Å². The van der Waals surface area contributed by atoms with E-state index >= 15 is 0 Å². The maximum Gasteiger partial charge on any atom is 0.317 e. The number of nitrogens with two attached hydrogens (primary N) is 1. The van der Waals surface area contributed by atoms with Crippen LogP contribution in [0.15, 0.2) is 30.3 Å². The highest BCUT2D eigenvalue weighted by Gasteiger charge is 2.31. The Hall–Kier alpha value is -2.47. The van der Waals surface area contributed by atoms with E-state index in [1.807, 2.05) is 41.8 Å². The van der Waals surface area contributed by atoms with Crippen LogP contribution in [0.2, 0.25) is 5.02 Å². The van der Waals surface area contributed by atoms with E-state index in [-0.39, 0.29) is 6.03 Å². The Bertz CT molecular complexity index is 786. The number of nitrogens with zero attached hydrogens (tertiary/aromatic N) is 2. The van der Waals surface area contributed by atoms with Crippen molar-refractivity contribution in [2.24, 2.45) is 5.73 Å². The molecule has 0 aliphatic carbocycles. The van der Waals surface area contributed by atoms with Crippen molar-refractivity contribution >= 4 is 23.5 Å². The molecule has 126 valence electrons. The lowest BCUT2D eigenvalue weighted by Gasteiger charge is -2.30. The van der Waals surface area contributed by atoms with Gasteiger partial charge in [0.05, 0.1) is 28.5 Å². The SMILES string of the molecule is CCNC(=O)N1CCn2c(c(C(N)=O)c(Cl)c2-c2ccccc2)C1. The van der Waals surface area contributed by atoms with Crippen molar-refractivity contribution in [2.75, 3.05) is 13.1 Å². The van der Waals surface area contributed by atoms with E-state index in [1.54, 1.807) is 4.90 Å². The van der Waals surface area contributed by atoms with E-state index < -0.39 is 5.91 Å². The summed E-state index contributed by atoms with van der Waals surface area (Å²) >= 11 is 6.50. The molecular formula is C17H19ClN4O2. The number of primary amides is 1. The third-order valence-electron chi connectivity index (χ3n) is 4.15. The van der Waals surface area contributed by atoms with Gasteiger partial charge in [-0.1, -0.05) is 41.9 Å². The van der Waals surface area contributed by atoms with Crippen molar-refractivity contribution in [3.05, 3.63) is 46.6 Å². The molecule has 0 unspecified atom stereocenters. The Labute approximate surface area is 145 Å². The van der Waals surface area contributed by atoms with Crippen LogP contribution in [-0.2, 0) is 13.1 Å². The van der Waals surface area contributed by atoms with Crippen LogP contribution in [-0.4, -0.2) is 34.5 Å². The zero-order valence-corrected chi connectivity index (χ0v) is 14.1. The molecule has 1 aromatic heterocycles. The molecule has 0 atom stereocenters. The van der Waals surface area contributed by atoms with Gasteiger partial charge in [0.2, 0.25) is 0 Å². The molecule has 0 saturated carbocycles. The topological polar surface area (TPSA) is 80.4 Å². The van der Waals surface area contributed by atoms with Gasteiger partial charge >= 0.3 is 6.03 Å². The number of hydrogen-bond donors (Lipinski definition) is 2. The normalized spacial score (nSPS) is 13.5. The number of rotatable bonds is 3. The van der Waals surface area contributed by atoms with Crippen LogP contribution in [0.1, 0.15) is 23.0 Å². The van der Waals surface area contributed by atoms with Gasteiger partial charge in [0.1, 0.15) is 0 Å². The average molecular weight is 347 g/mol. The molecule has 0 spiro atoms. The summed E-state index contributed by atoms with van der Waals surface area (Å²) in [5.74, 6) is -0.580. The number of benzene rings is 1. The molecular weight excluding hydrogens is 328 g/mol. The molecule has 0 fully saturated rings. The average Bonchev–Trinajstić information content (AvgIpc) is 2.87. The fourth-order valence-corrected chi connectivity index (χ4v) is 3.50. The van der Waals surface area contributed by atoms with Crippen LogP contribution >= 0.6 is 11.6 Å². The van der Waals surface area contributed by atoms with E-state index in [2.05, 4.69) is 5.32 Å². The molecule has 1 aliphatic heterocycles. The number of nitrogens with one attached hydrogen (secondary N) is 1. The van der Waals surface area contributed by atoms with Gasteiger partial charge in [0, 0.05) is 19.6 Å². The first-order chi connectivity index (χ1) is 11.5. The molecule has 0 bridgehead atoms. The van der Waals surface area contributed by atoms with Crippen LogP contribution in [0.5, 0.6) is 0 Å². The van der Waals surface area contributed by atoms with E-state index in [1.165, 1.54) is 0 Å². The molecule has 2 aromatic rings. The second-order valence-corrected chi connectivity index (χ2v) is 6.00. The minimum absolute atomic E-state index is 0.155. The number of carbonyl (C=O) groups is 2. The summed E-state index contributed by atoms with van der Waals surface area (Å²) in [4.78, 5) is 25.7. The maximum absolute atomic E-state index is 12.1. The number of fused-ring (bicyclic) bond motifs is 1. The molecule has 3 rings (SSSR count). The minimum atomic E-state index is -0.580. The highest BCUT2D eigenvalue weighted by molar-refractivity contribution is 6.36. The molecule has 24 heavy (non-hydrogen) atoms. The smallest absolute Gasteiger partial charge is 0.317 e. The number of hydrogen-bond acceptors (Lipinski definition) is 2. The largest absolute Gasteiger partial charge is 0.365 e. The van der Waals surface area contributed by atoms with Crippen LogP contribution in [0.4, 0.5) is 4.79 Å². The monoisotopic (exact) mass is 346 g/mol. The molecule has 2 heterocycles. The zero-order valence-electron chi connectivity index (χ0n) is 13.4. The lowest BCUT2D eigenvalue weighted by Crippen LogP contribution is -2.44. The summed E-state index contributed by atoms with van der Waals surface area (Å²) in [7, 11) is 0. The molecule has 6 nitrogen and oxygen atoms in total. The summed E-state index contributed by atoms with van der Waals surface area (Å²) in [6, 6.07) is 9.48. The lowest BCUT2D eigenvalue weighted by molar-refractivity contribution is 0.0997. The third kappa shape index (κ3) is 2.73. The number of aromatic nitrogens is 1. The summed E-state index contributed by atoms with van der Waals surface area (Å²) < 4.78 is 1.99. The number of halogens is 1.